The summed E-state index contributed by atoms with van der Waals surface area (Å²) in [5.74, 6) is 0.575. The molecule has 1 unspecified atom stereocenters. The van der Waals surface area contributed by atoms with Gasteiger partial charge in [0.2, 0.25) is 5.91 Å². The van der Waals surface area contributed by atoms with Crippen LogP contribution in [0.3, 0.4) is 0 Å². The van der Waals surface area contributed by atoms with Gasteiger partial charge in [-0.15, -0.1) is 0 Å². The molecule has 0 aromatic carbocycles. The summed E-state index contributed by atoms with van der Waals surface area (Å²) in [4.78, 5) is 14.1. The molecule has 0 aromatic rings. The number of likely N-dealkylation sites (tertiary alicyclic amines) is 1. The highest BCUT2D eigenvalue weighted by Gasteiger charge is 2.35. The molecule has 4 heteroatoms. The Labute approximate surface area is 105 Å². The second kappa shape index (κ2) is 4.94. The van der Waals surface area contributed by atoms with Gasteiger partial charge in [-0.05, 0) is 45.2 Å². The van der Waals surface area contributed by atoms with Crippen LogP contribution in [0.15, 0.2) is 0 Å². The van der Waals surface area contributed by atoms with E-state index in [1.165, 1.54) is 6.42 Å². The monoisotopic (exact) mass is 241 g/mol. The van der Waals surface area contributed by atoms with Crippen LogP contribution in [0.4, 0.5) is 0 Å². The van der Waals surface area contributed by atoms with Gasteiger partial charge in [0.1, 0.15) is 0 Å². The molecule has 17 heavy (non-hydrogen) atoms. The Balaban J connectivity index is 2.47. The van der Waals surface area contributed by atoms with E-state index in [0.717, 1.165) is 13.1 Å². The summed E-state index contributed by atoms with van der Waals surface area (Å²) in [5, 5.41) is 2.97. The lowest BCUT2D eigenvalue weighted by atomic mass is 9.78. The molecule has 1 fully saturated rings. The predicted octanol–water partition coefficient (Wildman–Crippen LogP) is 0.818. The first-order valence-corrected chi connectivity index (χ1v) is 6.38. The molecule has 1 atom stereocenters. The maximum atomic E-state index is 11.7. The van der Waals surface area contributed by atoms with E-state index < -0.39 is 5.54 Å². The third-order valence-corrected chi connectivity index (χ3v) is 3.79. The fourth-order valence-electron chi connectivity index (χ4n) is 2.25. The maximum absolute atomic E-state index is 11.7. The van der Waals surface area contributed by atoms with Gasteiger partial charge in [-0.3, -0.25) is 4.79 Å². The van der Waals surface area contributed by atoms with Gasteiger partial charge in [0.25, 0.3) is 0 Å². The molecule has 0 bridgehead atoms. The maximum Gasteiger partial charge on any atom is 0.239 e. The van der Waals surface area contributed by atoms with Gasteiger partial charge in [0.15, 0.2) is 0 Å². The molecular weight excluding hydrogens is 214 g/mol. The average molecular weight is 241 g/mol. The molecule has 1 heterocycles. The van der Waals surface area contributed by atoms with Gasteiger partial charge < -0.3 is 16.0 Å². The highest BCUT2D eigenvalue weighted by Crippen LogP contribution is 2.33. The second-order valence-electron chi connectivity index (χ2n) is 6.64. The summed E-state index contributed by atoms with van der Waals surface area (Å²) in [7, 11) is 2.15. The average Bonchev–Trinajstić information content (AvgIpc) is 2.60. The van der Waals surface area contributed by atoms with E-state index in [-0.39, 0.29) is 11.3 Å². The normalized spacial score (nSPS) is 22.8. The summed E-state index contributed by atoms with van der Waals surface area (Å²) in [6.07, 6.45) is 1.21. The van der Waals surface area contributed by atoms with Crippen LogP contribution < -0.4 is 11.1 Å². The Morgan fingerprint density at radius 3 is 2.41 bits per heavy atom. The van der Waals surface area contributed by atoms with Crippen molar-refractivity contribution in [1.29, 1.82) is 0 Å². The van der Waals surface area contributed by atoms with Gasteiger partial charge >= 0.3 is 0 Å². The molecular formula is C13H27N3O. The first-order valence-electron chi connectivity index (χ1n) is 6.38. The van der Waals surface area contributed by atoms with Crippen LogP contribution in [0.2, 0.25) is 0 Å². The molecule has 1 amide bonds. The summed E-state index contributed by atoms with van der Waals surface area (Å²) < 4.78 is 0. The predicted molar refractivity (Wildman–Crippen MR) is 70.7 cm³/mol. The number of carbonyl (C=O) groups excluding carboxylic acids is 1. The van der Waals surface area contributed by atoms with Crippen LogP contribution in [0, 0.1) is 11.3 Å². The Bertz CT molecular complexity index is 281. The Morgan fingerprint density at radius 2 is 2.00 bits per heavy atom. The number of nitrogens with zero attached hydrogens (tertiary/aromatic N) is 1. The van der Waals surface area contributed by atoms with E-state index in [0.29, 0.717) is 12.5 Å². The van der Waals surface area contributed by atoms with E-state index >= 15 is 0 Å². The first-order chi connectivity index (χ1) is 7.63. The molecule has 0 saturated carbocycles. The standard InChI is InChI=1S/C13H27N3O/c1-12(2,10-6-7-16(5)8-10)9-15-11(17)13(3,4)14/h10H,6-9,14H2,1-5H3,(H,15,17). The number of nitrogens with one attached hydrogen (secondary N) is 1. The van der Waals surface area contributed by atoms with Crippen molar-refractivity contribution in [3.63, 3.8) is 0 Å². The highest BCUT2D eigenvalue weighted by molar-refractivity contribution is 5.85. The van der Waals surface area contributed by atoms with Crippen LogP contribution in [0.1, 0.15) is 34.1 Å². The van der Waals surface area contributed by atoms with Crippen molar-refractivity contribution in [1.82, 2.24) is 10.2 Å². The molecule has 1 rings (SSSR count). The lowest BCUT2D eigenvalue weighted by Gasteiger charge is -2.33. The minimum absolute atomic E-state index is 0.0723. The van der Waals surface area contributed by atoms with Gasteiger partial charge in [-0.1, -0.05) is 13.8 Å². The van der Waals surface area contributed by atoms with Crippen LogP contribution in [-0.4, -0.2) is 43.0 Å². The molecule has 1 aliphatic heterocycles. The van der Waals surface area contributed by atoms with Crippen LogP contribution in [-0.2, 0) is 4.79 Å². The quantitative estimate of drug-likeness (QED) is 0.766. The van der Waals surface area contributed by atoms with Gasteiger partial charge in [-0.2, -0.15) is 0 Å². The number of hydrogen-bond donors (Lipinski definition) is 2. The molecule has 1 aliphatic rings. The van der Waals surface area contributed by atoms with Gasteiger partial charge in [0.05, 0.1) is 5.54 Å². The topological polar surface area (TPSA) is 58.4 Å². The molecule has 1 saturated heterocycles. The third kappa shape index (κ3) is 3.96. The van der Waals surface area contributed by atoms with Crippen LogP contribution >= 0.6 is 0 Å². The first kappa shape index (κ1) is 14.5. The Kier molecular flexibility index (Phi) is 4.20. The summed E-state index contributed by atoms with van der Waals surface area (Å²) >= 11 is 0. The largest absolute Gasteiger partial charge is 0.354 e. The van der Waals surface area contributed by atoms with Crippen LogP contribution in [0.25, 0.3) is 0 Å². The summed E-state index contributed by atoms with van der Waals surface area (Å²) in [6, 6.07) is 0. The number of amides is 1. The fourth-order valence-corrected chi connectivity index (χ4v) is 2.25. The molecule has 3 N–H and O–H groups in total. The second-order valence-corrected chi connectivity index (χ2v) is 6.64. The van der Waals surface area contributed by atoms with Crippen molar-refractivity contribution in [3.8, 4) is 0 Å². The Hall–Kier alpha value is -0.610. The number of nitrogens with two attached hydrogens (primary N) is 1. The van der Waals surface area contributed by atoms with Crippen molar-refractivity contribution in [2.45, 2.75) is 39.7 Å². The highest BCUT2D eigenvalue weighted by atomic mass is 16.2. The molecule has 0 aliphatic carbocycles. The SMILES string of the molecule is CN1CCC(C(C)(C)CNC(=O)C(C)(C)N)C1. The zero-order chi connectivity index (χ0) is 13.3. The lowest BCUT2D eigenvalue weighted by molar-refractivity contribution is -0.125. The van der Waals surface area contributed by atoms with E-state index in [1.807, 2.05) is 0 Å². The molecule has 4 nitrogen and oxygen atoms in total. The summed E-state index contributed by atoms with van der Waals surface area (Å²) in [6.45, 7) is 10.9. The van der Waals surface area contributed by atoms with Crippen molar-refractivity contribution in [3.05, 3.63) is 0 Å². The van der Waals surface area contributed by atoms with E-state index in [1.54, 1.807) is 13.8 Å². The number of rotatable bonds is 4. The molecule has 100 valence electrons. The Morgan fingerprint density at radius 1 is 1.41 bits per heavy atom. The molecule has 0 aromatic heterocycles. The van der Waals surface area contributed by atoms with Crippen molar-refractivity contribution in [2.75, 3.05) is 26.7 Å². The lowest BCUT2D eigenvalue weighted by Crippen LogP contribution is -2.52. The zero-order valence-electron chi connectivity index (χ0n) is 11.8. The molecule has 0 spiro atoms. The minimum atomic E-state index is -0.789. The van der Waals surface area contributed by atoms with Crippen molar-refractivity contribution < 1.29 is 4.79 Å². The van der Waals surface area contributed by atoms with Crippen molar-refractivity contribution >= 4 is 5.91 Å². The van der Waals surface area contributed by atoms with Gasteiger partial charge in [0, 0.05) is 13.1 Å². The number of hydrogen-bond acceptors (Lipinski definition) is 3. The fraction of sp³-hybridized carbons (Fsp3) is 0.923. The van der Waals surface area contributed by atoms with Crippen LogP contribution in [0.5, 0.6) is 0 Å². The number of carbonyl (C=O) groups is 1. The van der Waals surface area contributed by atoms with Gasteiger partial charge in [-0.25, -0.2) is 0 Å². The summed E-state index contributed by atoms with van der Waals surface area (Å²) in [5.41, 5.74) is 5.11. The van der Waals surface area contributed by atoms with E-state index in [2.05, 4.69) is 31.1 Å². The smallest absolute Gasteiger partial charge is 0.239 e. The van der Waals surface area contributed by atoms with E-state index in [4.69, 9.17) is 5.73 Å². The minimum Gasteiger partial charge on any atom is -0.354 e. The zero-order valence-corrected chi connectivity index (χ0v) is 11.8. The van der Waals surface area contributed by atoms with Crippen molar-refractivity contribution in [2.24, 2.45) is 17.1 Å². The third-order valence-electron chi connectivity index (χ3n) is 3.79. The van der Waals surface area contributed by atoms with E-state index in [9.17, 15) is 4.79 Å². The molecule has 0 radical (unpaired) electrons.